The molecule has 0 spiro atoms. The molecule has 3 aromatic rings. The second-order valence-electron chi connectivity index (χ2n) is 7.90. The standard InChI is InChI=1S/C27H27FN2O4/c1-18(31)29-23(17-19-10-9-15-22(28)16-19)26(32)30-25(27(33)34-2)24(20-11-5-3-6-12-20)21-13-7-4-8-14-21/h3-16,23-25H,17H2,1-2H3,(H,29,31)(H,30,32)/t23-,25-/m1/s1. The maximum Gasteiger partial charge on any atom is 0.329 e. The van der Waals surface area contributed by atoms with Gasteiger partial charge in [-0.05, 0) is 28.8 Å². The largest absolute Gasteiger partial charge is 0.467 e. The van der Waals surface area contributed by atoms with Gasteiger partial charge in [-0.3, -0.25) is 9.59 Å². The van der Waals surface area contributed by atoms with E-state index in [-0.39, 0.29) is 6.42 Å². The first-order valence-corrected chi connectivity index (χ1v) is 10.9. The Balaban J connectivity index is 1.95. The predicted octanol–water partition coefficient (Wildman–Crippen LogP) is 3.36. The molecule has 0 aliphatic heterocycles. The van der Waals surface area contributed by atoms with E-state index in [0.717, 1.165) is 11.1 Å². The highest BCUT2D eigenvalue weighted by Crippen LogP contribution is 2.29. The predicted molar refractivity (Wildman–Crippen MR) is 126 cm³/mol. The van der Waals surface area contributed by atoms with E-state index >= 15 is 0 Å². The lowest BCUT2D eigenvalue weighted by Crippen LogP contribution is -2.54. The summed E-state index contributed by atoms with van der Waals surface area (Å²) in [7, 11) is 1.26. The van der Waals surface area contributed by atoms with Gasteiger partial charge in [0.25, 0.3) is 0 Å². The van der Waals surface area contributed by atoms with Crippen LogP contribution in [-0.4, -0.2) is 37.0 Å². The SMILES string of the molecule is COC(=O)[C@H](NC(=O)[C@@H](Cc1cccc(F)c1)NC(C)=O)C(c1ccccc1)c1ccccc1. The fourth-order valence-corrected chi connectivity index (χ4v) is 3.91. The number of amides is 2. The first-order valence-electron chi connectivity index (χ1n) is 10.9. The van der Waals surface area contributed by atoms with Gasteiger partial charge >= 0.3 is 5.97 Å². The smallest absolute Gasteiger partial charge is 0.329 e. The fourth-order valence-electron chi connectivity index (χ4n) is 3.91. The molecule has 0 unspecified atom stereocenters. The zero-order chi connectivity index (χ0) is 24.5. The number of ether oxygens (including phenoxy) is 1. The van der Waals surface area contributed by atoms with Crippen LogP contribution in [0.25, 0.3) is 0 Å². The van der Waals surface area contributed by atoms with Crippen molar-refractivity contribution in [3.63, 3.8) is 0 Å². The van der Waals surface area contributed by atoms with Gasteiger partial charge in [0.1, 0.15) is 17.9 Å². The summed E-state index contributed by atoms with van der Waals surface area (Å²) in [6, 6.07) is 22.4. The first-order chi connectivity index (χ1) is 16.4. The molecule has 2 N–H and O–H groups in total. The maximum absolute atomic E-state index is 13.7. The fraction of sp³-hybridized carbons (Fsp3) is 0.222. The number of rotatable bonds is 9. The number of carbonyl (C=O) groups is 3. The van der Waals surface area contributed by atoms with Crippen LogP contribution in [0.1, 0.15) is 29.5 Å². The van der Waals surface area contributed by atoms with E-state index in [1.54, 1.807) is 6.07 Å². The van der Waals surface area contributed by atoms with Crippen molar-refractivity contribution < 1.29 is 23.5 Å². The lowest BCUT2D eigenvalue weighted by Gasteiger charge is -2.29. The van der Waals surface area contributed by atoms with Crippen molar-refractivity contribution in [1.82, 2.24) is 10.6 Å². The Labute approximate surface area is 198 Å². The van der Waals surface area contributed by atoms with Crippen LogP contribution in [0.4, 0.5) is 4.39 Å². The number of hydrogen-bond donors (Lipinski definition) is 2. The quantitative estimate of drug-likeness (QED) is 0.478. The van der Waals surface area contributed by atoms with E-state index < -0.39 is 41.6 Å². The molecular weight excluding hydrogens is 435 g/mol. The molecule has 2 amide bonds. The highest BCUT2D eigenvalue weighted by Gasteiger charge is 2.35. The third-order valence-electron chi connectivity index (χ3n) is 5.43. The number of hydrogen-bond acceptors (Lipinski definition) is 4. The Morgan fingerprint density at radius 3 is 1.94 bits per heavy atom. The Bertz CT molecular complexity index is 1080. The normalized spacial score (nSPS) is 12.5. The third-order valence-corrected chi connectivity index (χ3v) is 5.43. The summed E-state index contributed by atoms with van der Waals surface area (Å²) in [6.07, 6.45) is 0.0540. The van der Waals surface area contributed by atoms with Gasteiger partial charge in [0, 0.05) is 19.3 Å². The zero-order valence-corrected chi connectivity index (χ0v) is 19.0. The summed E-state index contributed by atoms with van der Waals surface area (Å²) in [4.78, 5) is 38.1. The Morgan fingerprint density at radius 2 is 1.44 bits per heavy atom. The molecule has 7 heteroatoms. The van der Waals surface area contributed by atoms with Gasteiger partial charge in [0.15, 0.2) is 0 Å². The van der Waals surface area contributed by atoms with Crippen molar-refractivity contribution in [2.24, 2.45) is 0 Å². The summed E-state index contributed by atoms with van der Waals surface area (Å²) in [6.45, 7) is 1.29. The van der Waals surface area contributed by atoms with Crippen LogP contribution in [0.5, 0.6) is 0 Å². The summed E-state index contributed by atoms with van der Waals surface area (Å²) >= 11 is 0. The minimum atomic E-state index is -1.06. The number of carbonyl (C=O) groups excluding carboxylic acids is 3. The minimum absolute atomic E-state index is 0.0540. The molecule has 0 fully saturated rings. The number of benzene rings is 3. The molecule has 0 aromatic heterocycles. The van der Waals surface area contributed by atoms with Crippen LogP contribution in [0.2, 0.25) is 0 Å². The molecule has 3 rings (SSSR count). The topological polar surface area (TPSA) is 84.5 Å². The first kappa shape index (κ1) is 24.6. The van der Waals surface area contributed by atoms with Gasteiger partial charge in [-0.15, -0.1) is 0 Å². The van der Waals surface area contributed by atoms with Crippen LogP contribution in [-0.2, 0) is 25.5 Å². The van der Waals surface area contributed by atoms with Crippen LogP contribution < -0.4 is 10.6 Å². The zero-order valence-electron chi connectivity index (χ0n) is 19.0. The van der Waals surface area contributed by atoms with E-state index in [0.29, 0.717) is 5.56 Å². The van der Waals surface area contributed by atoms with Crippen LogP contribution in [0.3, 0.4) is 0 Å². The van der Waals surface area contributed by atoms with Crippen molar-refractivity contribution in [3.05, 3.63) is 107 Å². The lowest BCUT2D eigenvalue weighted by molar-refractivity contribution is -0.145. The highest BCUT2D eigenvalue weighted by molar-refractivity contribution is 5.91. The summed E-state index contributed by atoms with van der Waals surface area (Å²) in [5.74, 6) is -2.61. The molecule has 176 valence electrons. The Morgan fingerprint density at radius 1 is 0.853 bits per heavy atom. The van der Waals surface area contributed by atoms with Gasteiger partial charge in [-0.2, -0.15) is 0 Å². The van der Waals surface area contributed by atoms with E-state index in [1.807, 2.05) is 60.7 Å². The van der Waals surface area contributed by atoms with Crippen molar-refractivity contribution >= 4 is 17.8 Å². The van der Waals surface area contributed by atoms with E-state index in [2.05, 4.69) is 10.6 Å². The van der Waals surface area contributed by atoms with E-state index in [4.69, 9.17) is 4.74 Å². The van der Waals surface area contributed by atoms with Gasteiger partial charge in [-0.1, -0.05) is 72.8 Å². The number of nitrogens with one attached hydrogen (secondary N) is 2. The van der Waals surface area contributed by atoms with Crippen LogP contribution >= 0.6 is 0 Å². The van der Waals surface area contributed by atoms with Gasteiger partial charge in [-0.25, -0.2) is 9.18 Å². The van der Waals surface area contributed by atoms with Crippen LogP contribution in [0.15, 0.2) is 84.9 Å². The van der Waals surface area contributed by atoms with E-state index in [9.17, 15) is 18.8 Å². The summed E-state index contributed by atoms with van der Waals surface area (Å²) in [5.41, 5.74) is 2.16. The highest BCUT2D eigenvalue weighted by atomic mass is 19.1. The van der Waals surface area contributed by atoms with Crippen molar-refractivity contribution in [3.8, 4) is 0 Å². The summed E-state index contributed by atoms with van der Waals surface area (Å²) in [5, 5.41) is 5.39. The molecule has 0 radical (unpaired) electrons. The second-order valence-corrected chi connectivity index (χ2v) is 7.90. The van der Waals surface area contributed by atoms with Gasteiger partial charge < -0.3 is 15.4 Å². The number of esters is 1. The number of halogens is 1. The van der Waals surface area contributed by atoms with E-state index in [1.165, 1.54) is 32.2 Å². The molecule has 0 saturated heterocycles. The molecule has 3 aromatic carbocycles. The Hall–Kier alpha value is -4.00. The molecule has 0 saturated carbocycles. The summed E-state index contributed by atoms with van der Waals surface area (Å²) < 4.78 is 18.7. The third kappa shape index (κ3) is 6.51. The molecule has 0 bridgehead atoms. The second kappa shape index (κ2) is 11.7. The van der Waals surface area contributed by atoms with Crippen molar-refractivity contribution in [1.29, 1.82) is 0 Å². The molecule has 0 aliphatic carbocycles. The molecule has 2 atom stereocenters. The molecular formula is C27H27FN2O4. The van der Waals surface area contributed by atoms with Gasteiger partial charge in [0.05, 0.1) is 7.11 Å². The molecule has 0 aliphatic rings. The van der Waals surface area contributed by atoms with Gasteiger partial charge in [0.2, 0.25) is 11.8 Å². The van der Waals surface area contributed by atoms with Crippen molar-refractivity contribution in [2.45, 2.75) is 31.3 Å². The monoisotopic (exact) mass is 462 g/mol. The lowest BCUT2D eigenvalue weighted by atomic mass is 9.84. The van der Waals surface area contributed by atoms with Crippen LogP contribution in [0, 0.1) is 5.82 Å². The average molecular weight is 463 g/mol. The van der Waals surface area contributed by atoms with Crippen molar-refractivity contribution in [2.75, 3.05) is 7.11 Å². The average Bonchev–Trinajstić information content (AvgIpc) is 2.84. The maximum atomic E-state index is 13.7. The minimum Gasteiger partial charge on any atom is -0.467 e. The molecule has 6 nitrogen and oxygen atoms in total. The number of methoxy groups -OCH3 is 1. The Kier molecular flexibility index (Phi) is 8.51. The molecule has 0 heterocycles. The molecule has 34 heavy (non-hydrogen) atoms.